The number of nitrogens with zero attached hydrogens (tertiary/aromatic N) is 2. The summed E-state index contributed by atoms with van der Waals surface area (Å²) in [6.45, 7) is 2.13. The van der Waals surface area contributed by atoms with Gasteiger partial charge in [-0.25, -0.2) is 4.98 Å². The van der Waals surface area contributed by atoms with Crippen LogP contribution in [0, 0.1) is 0 Å². The van der Waals surface area contributed by atoms with E-state index in [-0.39, 0.29) is 29.9 Å². The first-order chi connectivity index (χ1) is 10.1. The standard InChI is InChI=1S/C15H17ClN2O3/c1-3-11(16)14-17-12-7-5-4-6-10(12)15(20)18(14)9-8-13(19)21-2/h4-7,11H,3,8-9H2,1-2H3. The van der Waals surface area contributed by atoms with Crippen LogP contribution < -0.4 is 5.56 Å². The SMILES string of the molecule is CCC(Cl)c1nc2ccccc2c(=O)n1CCC(=O)OC. The number of fused-ring (bicyclic) bond motifs is 1. The molecular formula is C15H17ClN2O3. The van der Waals surface area contributed by atoms with E-state index < -0.39 is 0 Å². The van der Waals surface area contributed by atoms with Crippen LogP contribution in [-0.4, -0.2) is 22.6 Å². The Labute approximate surface area is 127 Å². The molecule has 0 amide bonds. The molecule has 1 atom stereocenters. The third-order valence-corrected chi connectivity index (χ3v) is 3.80. The molecule has 0 aliphatic rings. The van der Waals surface area contributed by atoms with Gasteiger partial charge in [-0.05, 0) is 18.6 Å². The molecule has 0 saturated heterocycles. The number of benzene rings is 1. The first-order valence-electron chi connectivity index (χ1n) is 6.78. The monoisotopic (exact) mass is 308 g/mol. The summed E-state index contributed by atoms with van der Waals surface area (Å²) in [5.41, 5.74) is 0.435. The average Bonchev–Trinajstić information content (AvgIpc) is 2.52. The minimum absolute atomic E-state index is 0.108. The maximum Gasteiger partial charge on any atom is 0.307 e. The van der Waals surface area contributed by atoms with Crippen LogP contribution in [0.1, 0.15) is 31.0 Å². The number of ether oxygens (including phenoxy) is 1. The van der Waals surface area contributed by atoms with Crippen molar-refractivity contribution in [1.82, 2.24) is 9.55 Å². The smallest absolute Gasteiger partial charge is 0.307 e. The van der Waals surface area contributed by atoms with E-state index in [0.717, 1.165) is 0 Å². The van der Waals surface area contributed by atoms with Crippen molar-refractivity contribution in [3.8, 4) is 0 Å². The van der Waals surface area contributed by atoms with Crippen LogP contribution in [0.3, 0.4) is 0 Å². The molecule has 0 aliphatic carbocycles. The molecule has 0 bridgehead atoms. The first-order valence-corrected chi connectivity index (χ1v) is 7.22. The van der Waals surface area contributed by atoms with Gasteiger partial charge >= 0.3 is 5.97 Å². The molecule has 1 unspecified atom stereocenters. The fourth-order valence-corrected chi connectivity index (χ4v) is 2.29. The van der Waals surface area contributed by atoms with E-state index in [1.54, 1.807) is 18.2 Å². The summed E-state index contributed by atoms with van der Waals surface area (Å²) in [5.74, 6) is 0.121. The van der Waals surface area contributed by atoms with Crippen molar-refractivity contribution in [3.63, 3.8) is 0 Å². The van der Waals surface area contributed by atoms with Gasteiger partial charge in [0.05, 0.1) is 29.8 Å². The normalized spacial score (nSPS) is 12.3. The van der Waals surface area contributed by atoms with Crippen LogP contribution in [0.2, 0.25) is 0 Å². The molecule has 6 heteroatoms. The Morgan fingerprint density at radius 1 is 1.43 bits per heavy atom. The number of methoxy groups -OCH3 is 1. The van der Waals surface area contributed by atoms with Crippen LogP contribution in [0.5, 0.6) is 0 Å². The van der Waals surface area contributed by atoms with Gasteiger partial charge in [-0.2, -0.15) is 0 Å². The van der Waals surface area contributed by atoms with Crippen molar-refractivity contribution in [3.05, 3.63) is 40.4 Å². The Hall–Kier alpha value is -1.88. The highest BCUT2D eigenvalue weighted by molar-refractivity contribution is 6.20. The molecule has 0 aliphatic heterocycles. The van der Waals surface area contributed by atoms with E-state index in [2.05, 4.69) is 9.72 Å². The molecule has 112 valence electrons. The van der Waals surface area contributed by atoms with Gasteiger partial charge in [0, 0.05) is 6.54 Å². The minimum Gasteiger partial charge on any atom is -0.469 e. The van der Waals surface area contributed by atoms with E-state index >= 15 is 0 Å². The zero-order chi connectivity index (χ0) is 15.4. The maximum absolute atomic E-state index is 12.6. The summed E-state index contributed by atoms with van der Waals surface area (Å²) >= 11 is 6.28. The summed E-state index contributed by atoms with van der Waals surface area (Å²) in [6.07, 6.45) is 0.751. The third kappa shape index (κ3) is 3.24. The van der Waals surface area contributed by atoms with Crippen LogP contribution in [0.25, 0.3) is 10.9 Å². The lowest BCUT2D eigenvalue weighted by Crippen LogP contribution is -2.27. The predicted octanol–water partition coefficient (Wildman–Crippen LogP) is 2.65. The number of hydrogen-bond donors (Lipinski definition) is 0. The molecule has 1 heterocycles. The van der Waals surface area contributed by atoms with Crippen molar-refractivity contribution in [2.75, 3.05) is 7.11 Å². The maximum atomic E-state index is 12.6. The number of rotatable bonds is 5. The summed E-state index contributed by atoms with van der Waals surface area (Å²) < 4.78 is 6.09. The molecule has 2 aromatic rings. The Kier molecular flexibility index (Phi) is 4.96. The van der Waals surface area contributed by atoms with Crippen LogP contribution in [0.15, 0.2) is 29.1 Å². The van der Waals surface area contributed by atoms with Crippen molar-refractivity contribution in [2.24, 2.45) is 0 Å². The van der Waals surface area contributed by atoms with Gasteiger partial charge < -0.3 is 4.74 Å². The Balaban J connectivity index is 2.55. The summed E-state index contributed by atoms with van der Waals surface area (Å²) in [6, 6.07) is 7.11. The molecule has 1 aromatic heterocycles. The highest BCUT2D eigenvalue weighted by atomic mass is 35.5. The van der Waals surface area contributed by atoms with Crippen LogP contribution in [-0.2, 0) is 16.1 Å². The minimum atomic E-state index is -0.375. The van der Waals surface area contributed by atoms with Crippen LogP contribution >= 0.6 is 11.6 Å². The van der Waals surface area contributed by atoms with Gasteiger partial charge in [-0.1, -0.05) is 19.1 Å². The molecule has 0 spiro atoms. The molecule has 1 aromatic carbocycles. The largest absolute Gasteiger partial charge is 0.469 e. The van der Waals surface area contributed by atoms with Gasteiger partial charge in [0.1, 0.15) is 5.82 Å². The molecule has 0 saturated carbocycles. The van der Waals surface area contributed by atoms with Gasteiger partial charge in [0.25, 0.3) is 5.56 Å². The lowest BCUT2D eigenvalue weighted by molar-refractivity contribution is -0.140. The molecule has 0 fully saturated rings. The first kappa shape index (κ1) is 15.5. The highest BCUT2D eigenvalue weighted by Crippen LogP contribution is 2.22. The van der Waals surface area contributed by atoms with Crippen molar-refractivity contribution < 1.29 is 9.53 Å². The van der Waals surface area contributed by atoms with Gasteiger partial charge in [-0.3, -0.25) is 14.2 Å². The van der Waals surface area contributed by atoms with Crippen molar-refractivity contribution in [2.45, 2.75) is 31.7 Å². The molecule has 2 rings (SSSR count). The van der Waals surface area contributed by atoms with E-state index in [4.69, 9.17) is 11.6 Å². The molecule has 5 nitrogen and oxygen atoms in total. The second-order valence-corrected chi connectivity index (χ2v) is 5.17. The number of hydrogen-bond acceptors (Lipinski definition) is 4. The van der Waals surface area contributed by atoms with E-state index in [0.29, 0.717) is 23.1 Å². The molecule has 0 N–H and O–H groups in total. The quantitative estimate of drug-likeness (QED) is 0.629. The zero-order valence-electron chi connectivity index (χ0n) is 12.0. The lowest BCUT2D eigenvalue weighted by atomic mass is 10.2. The summed E-state index contributed by atoms with van der Waals surface area (Å²) in [4.78, 5) is 28.4. The number of aromatic nitrogens is 2. The third-order valence-electron chi connectivity index (χ3n) is 3.30. The molecule has 0 radical (unpaired) electrons. The topological polar surface area (TPSA) is 61.2 Å². The van der Waals surface area contributed by atoms with Crippen LogP contribution in [0.4, 0.5) is 0 Å². The number of carbonyl (C=O) groups is 1. The van der Waals surface area contributed by atoms with E-state index in [9.17, 15) is 9.59 Å². The summed E-state index contributed by atoms with van der Waals surface area (Å²) in [5, 5.41) is 0.144. The van der Waals surface area contributed by atoms with E-state index in [1.165, 1.54) is 11.7 Å². The Bertz CT molecular complexity index is 712. The van der Waals surface area contributed by atoms with Crippen molar-refractivity contribution >= 4 is 28.5 Å². The Morgan fingerprint density at radius 3 is 2.81 bits per heavy atom. The number of alkyl halides is 1. The molecule has 21 heavy (non-hydrogen) atoms. The second kappa shape index (κ2) is 6.72. The van der Waals surface area contributed by atoms with E-state index in [1.807, 2.05) is 13.0 Å². The second-order valence-electron chi connectivity index (χ2n) is 4.65. The van der Waals surface area contributed by atoms with Crippen molar-refractivity contribution in [1.29, 1.82) is 0 Å². The number of halogens is 1. The fourth-order valence-electron chi connectivity index (χ4n) is 2.13. The molecular weight excluding hydrogens is 292 g/mol. The fraction of sp³-hybridized carbons (Fsp3) is 0.400. The zero-order valence-corrected chi connectivity index (χ0v) is 12.8. The Morgan fingerprint density at radius 2 is 2.14 bits per heavy atom. The predicted molar refractivity (Wildman–Crippen MR) is 81.5 cm³/mol. The average molecular weight is 309 g/mol. The lowest BCUT2D eigenvalue weighted by Gasteiger charge is -2.15. The number of esters is 1. The van der Waals surface area contributed by atoms with Gasteiger partial charge in [0.15, 0.2) is 0 Å². The highest BCUT2D eigenvalue weighted by Gasteiger charge is 2.17. The number of carbonyl (C=O) groups excluding carboxylic acids is 1. The number of para-hydroxylation sites is 1. The van der Waals surface area contributed by atoms with Gasteiger partial charge in [0.2, 0.25) is 0 Å². The van der Waals surface area contributed by atoms with Gasteiger partial charge in [-0.15, -0.1) is 11.6 Å². The summed E-state index contributed by atoms with van der Waals surface area (Å²) in [7, 11) is 1.32.